The van der Waals surface area contributed by atoms with Gasteiger partial charge in [-0.2, -0.15) is 0 Å². The number of aryl methyl sites for hydroxylation is 2. The Kier molecular flexibility index (Phi) is 5.36. The van der Waals surface area contributed by atoms with Crippen LogP contribution in [0, 0.1) is 13.8 Å². The number of carbonyl (C=O) groups is 1. The Morgan fingerprint density at radius 1 is 1.09 bits per heavy atom. The summed E-state index contributed by atoms with van der Waals surface area (Å²) < 4.78 is 5.53. The predicted molar refractivity (Wildman–Crippen MR) is 89.3 cm³/mol. The van der Waals surface area contributed by atoms with Crippen LogP contribution in [0.1, 0.15) is 23.6 Å². The molecule has 1 atom stereocenters. The number of rotatable bonds is 5. The van der Waals surface area contributed by atoms with Gasteiger partial charge in [0.15, 0.2) is 11.9 Å². The maximum absolute atomic E-state index is 11.9. The molecule has 0 aliphatic rings. The Bertz CT molecular complexity index is 726. The SMILES string of the molecule is Cc1cccc(OC(C)C(=O)O/N=C(\N)c2cccc(C)c2)c1. The van der Waals surface area contributed by atoms with E-state index in [1.165, 1.54) is 0 Å². The van der Waals surface area contributed by atoms with Crippen molar-refractivity contribution in [2.45, 2.75) is 26.9 Å². The highest BCUT2D eigenvalue weighted by Gasteiger charge is 2.17. The Morgan fingerprint density at radius 3 is 2.39 bits per heavy atom. The number of nitrogens with zero attached hydrogens (tertiary/aromatic N) is 1. The molecule has 0 bridgehead atoms. The van der Waals surface area contributed by atoms with E-state index in [9.17, 15) is 4.79 Å². The normalized spacial score (nSPS) is 12.6. The van der Waals surface area contributed by atoms with Gasteiger partial charge in [0.05, 0.1) is 0 Å². The van der Waals surface area contributed by atoms with Crippen LogP contribution in [0.15, 0.2) is 53.7 Å². The highest BCUT2D eigenvalue weighted by atomic mass is 16.7. The summed E-state index contributed by atoms with van der Waals surface area (Å²) in [6.07, 6.45) is -0.786. The van der Waals surface area contributed by atoms with Crippen molar-refractivity contribution in [2.24, 2.45) is 10.9 Å². The first-order valence-corrected chi connectivity index (χ1v) is 7.30. The summed E-state index contributed by atoms with van der Waals surface area (Å²) >= 11 is 0. The quantitative estimate of drug-likeness (QED) is 0.399. The minimum Gasteiger partial charge on any atom is -0.479 e. The van der Waals surface area contributed by atoms with Crippen LogP contribution in [0.4, 0.5) is 0 Å². The first-order chi connectivity index (χ1) is 11.0. The Morgan fingerprint density at radius 2 is 1.74 bits per heavy atom. The monoisotopic (exact) mass is 312 g/mol. The fraction of sp³-hybridized carbons (Fsp3) is 0.222. The molecule has 0 radical (unpaired) electrons. The number of nitrogens with two attached hydrogens (primary N) is 1. The minimum absolute atomic E-state index is 0.143. The fourth-order valence-corrected chi connectivity index (χ4v) is 1.97. The fourth-order valence-electron chi connectivity index (χ4n) is 1.97. The number of carbonyl (C=O) groups excluding carboxylic acids is 1. The van der Waals surface area contributed by atoms with Crippen molar-refractivity contribution in [3.05, 3.63) is 65.2 Å². The van der Waals surface area contributed by atoms with Crippen molar-refractivity contribution in [1.82, 2.24) is 0 Å². The van der Waals surface area contributed by atoms with Crippen molar-refractivity contribution in [3.63, 3.8) is 0 Å². The molecule has 5 nitrogen and oxygen atoms in total. The number of amidine groups is 1. The first-order valence-electron chi connectivity index (χ1n) is 7.30. The van der Waals surface area contributed by atoms with E-state index in [0.29, 0.717) is 11.3 Å². The van der Waals surface area contributed by atoms with Crippen molar-refractivity contribution < 1.29 is 14.4 Å². The van der Waals surface area contributed by atoms with Gasteiger partial charge in [-0.25, -0.2) is 4.79 Å². The van der Waals surface area contributed by atoms with Gasteiger partial charge in [-0.3, -0.25) is 0 Å². The lowest BCUT2D eigenvalue weighted by Gasteiger charge is -2.12. The summed E-state index contributed by atoms with van der Waals surface area (Å²) in [5.74, 6) is 0.136. The van der Waals surface area contributed by atoms with Crippen LogP contribution >= 0.6 is 0 Å². The molecule has 120 valence electrons. The molecule has 0 aromatic heterocycles. The van der Waals surface area contributed by atoms with Crippen LogP contribution in [-0.2, 0) is 9.63 Å². The molecule has 0 saturated carbocycles. The molecule has 0 fully saturated rings. The summed E-state index contributed by atoms with van der Waals surface area (Å²) in [6, 6.07) is 14.9. The molecule has 2 rings (SSSR count). The highest BCUT2D eigenvalue weighted by Crippen LogP contribution is 2.14. The molecule has 0 aliphatic carbocycles. The summed E-state index contributed by atoms with van der Waals surface area (Å²) in [4.78, 5) is 16.8. The van der Waals surface area contributed by atoms with Crippen LogP contribution in [-0.4, -0.2) is 17.9 Å². The number of benzene rings is 2. The molecule has 0 heterocycles. The summed E-state index contributed by atoms with van der Waals surface area (Å²) in [5, 5.41) is 3.68. The van der Waals surface area contributed by atoms with Gasteiger partial charge < -0.3 is 15.3 Å². The molecule has 2 aromatic carbocycles. The molecule has 0 aliphatic heterocycles. The average Bonchev–Trinajstić information content (AvgIpc) is 2.52. The highest BCUT2D eigenvalue weighted by molar-refractivity contribution is 5.97. The van der Waals surface area contributed by atoms with E-state index >= 15 is 0 Å². The Labute approximate surface area is 135 Å². The van der Waals surface area contributed by atoms with Crippen LogP contribution < -0.4 is 10.5 Å². The topological polar surface area (TPSA) is 73.9 Å². The van der Waals surface area contributed by atoms with Crippen molar-refractivity contribution in [1.29, 1.82) is 0 Å². The summed E-state index contributed by atoms with van der Waals surface area (Å²) in [7, 11) is 0. The first kappa shape index (κ1) is 16.5. The van der Waals surface area contributed by atoms with Gasteiger partial charge in [0, 0.05) is 5.56 Å². The van der Waals surface area contributed by atoms with Gasteiger partial charge in [-0.15, -0.1) is 0 Å². The summed E-state index contributed by atoms with van der Waals surface area (Å²) in [5.41, 5.74) is 8.61. The second kappa shape index (κ2) is 7.45. The van der Waals surface area contributed by atoms with E-state index in [4.69, 9.17) is 15.3 Å². The molecule has 1 unspecified atom stereocenters. The molecule has 2 aromatic rings. The molecule has 23 heavy (non-hydrogen) atoms. The van der Waals surface area contributed by atoms with Gasteiger partial charge in [-0.1, -0.05) is 41.1 Å². The van der Waals surface area contributed by atoms with Gasteiger partial charge in [-0.05, 0) is 44.5 Å². The molecular weight excluding hydrogens is 292 g/mol. The van der Waals surface area contributed by atoms with Gasteiger partial charge >= 0.3 is 5.97 Å². The van der Waals surface area contributed by atoms with Crippen LogP contribution in [0.3, 0.4) is 0 Å². The second-order valence-electron chi connectivity index (χ2n) is 5.33. The van der Waals surface area contributed by atoms with Crippen molar-refractivity contribution in [2.75, 3.05) is 0 Å². The van der Waals surface area contributed by atoms with E-state index in [1.54, 1.807) is 19.1 Å². The Balaban J connectivity index is 1.97. The van der Waals surface area contributed by atoms with Gasteiger partial charge in [0.2, 0.25) is 0 Å². The van der Waals surface area contributed by atoms with Gasteiger partial charge in [0.1, 0.15) is 5.75 Å². The number of hydrogen-bond donors (Lipinski definition) is 1. The smallest absolute Gasteiger partial charge is 0.374 e. The van der Waals surface area contributed by atoms with Crippen LogP contribution in [0.5, 0.6) is 5.75 Å². The van der Waals surface area contributed by atoms with Crippen molar-refractivity contribution >= 4 is 11.8 Å². The third kappa shape index (κ3) is 4.85. The zero-order valence-corrected chi connectivity index (χ0v) is 13.4. The number of hydrogen-bond acceptors (Lipinski definition) is 4. The van der Waals surface area contributed by atoms with Crippen molar-refractivity contribution in [3.8, 4) is 5.75 Å². The average molecular weight is 312 g/mol. The zero-order valence-electron chi connectivity index (χ0n) is 13.4. The van der Waals surface area contributed by atoms with Crippen LogP contribution in [0.25, 0.3) is 0 Å². The molecule has 0 amide bonds. The Hall–Kier alpha value is -2.82. The van der Waals surface area contributed by atoms with Gasteiger partial charge in [0.25, 0.3) is 0 Å². The molecule has 0 spiro atoms. The molecule has 0 saturated heterocycles. The van der Waals surface area contributed by atoms with Crippen LogP contribution in [0.2, 0.25) is 0 Å². The number of oxime groups is 1. The maximum atomic E-state index is 11.9. The minimum atomic E-state index is -0.786. The zero-order chi connectivity index (χ0) is 16.8. The lowest BCUT2D eigenvalue weighted by Crippen LogP contribution is -2.26. The largest absolute Gasteiger partial charge is 0.479 e. The van der Waals surface area contributed by atoms with E-state index in [2.05, 4.69) is 5.16 Å². The number of ether oxygens (including phenoxy) is 1. The third-order valence-electron chi connectivity index (χ3n) is 3.18. The molecule has 5 heteroatoms. The van der Waals surface area contributed by atoms with E-state index in [1.807, 2.05) is 50.2 Å². The lowest BCUT2D eigenvalue weighted by atomic mass is 10.1. The lowest BCUT2D eigenvalue weighted by molar-refractivity contribution is -0.151. The second-order valence-corrected chi connectivity index (χ2v) is 5.33. The molecule has 2 N–H and O–H groups in total. The predicted octanol–water partition coefficient (Wildman–Crippen LogP) is 2.93. The third-order valence-corrected chi connectivity index (χ3v) is 3.18. The van der Waals surface area contributed by atoms with E-state index in [-0.39, 0.29) is 5.84 Å². The standard InChI is InChI=1S/C18H20N2O3/c1-12-6-4-8-15(10-12)17(19)20-23-18(21)14(3)22-16-9-5-7-13(2)11-16/h4-11,14H,1-3H3,(H2,19,20). The van der Waals surface area contributed by atoms with E-state index in [0.717, 1.165) is 11.1 Å². The molecular formula is C18H20N2O3. The maximum Gasteiger partial charge on any atom is 0.374 e. The summed E-state index contributed by atoms with van der Waals surface area (Å²) in [6.45, 7) is 5.49. The van der Waals surface area contributed by atoms with E-state index < -0.39 is 12.1 Å².